The van der Waals surface area contributed by atoms with Crippen molar-refractivity contribution in [1.29, 1.82) is 0 Å². The largest absolute Gasteiger partial charge is 0.480 e. The van der Waals surface area contributed by atoms with E-state index >= 15 is 0 Å². The molecule has 0 unspecified atom stereocenters. The zero-order chi connectivity index (χ0) is 28.2. The smallest absolute Gasteiger partial charge is 0.325 e. The lowest BCUT2D eigenvalue weighted by molar-refractivity contribution is -0.144. The lowest BCUT2D eigenvalue weighted by atomic mass is 9.74. The van der Waals surface area contributed by atoms with Gasteiger partial charge in [0.15, 0.2) is 0 Å². The maximum Gasteiger partial charge on any atom is 0.325 e. The van der Waals surface area contributed by atoms with E-state index in [0.717, 1.165) is 24.1 Å². The first kappa shape index (κ1) is 29.4. The van der Waals surface area contributed by atoms with Crippen molar-refractivity contribution in [2.75, 3.05) is 5.32 Å². The number of nitrogens with two attached hydrogens (primary N) is 1. The summed E-state index contributed by atoms with van der Waals surface area (Å²) in [6.45, 7) is 11.7. The zero-order valence-corrected chi connectivity index (χ0v) is 23.6. The Morgan fingerprint density at radius 1 is 1.18 bits per heavy atom. The molecule has 0 radical (unpaired) electrons. The van der Waals surface area contributed by atoms with Gasteiger partial charge < -0.3 is 26.4 Å². The Balaban J connectivity index is 2.03. The van der Waals surface area contributed by atoms with Crippen molar-refractivity contribution in [3.05, 3.63) is 53.1 Å². The van der Waals surface area contributed by atoms with Gasteiger partial charge in [-0.1, -0.05) is 55.3 Å². The van der Waals surface area contributed by atoms with Crippen LogP contribution in [-0.4, -0.2) is 52.1 Å². The number of hydrogen-bond acceptors (Lipinski definition) is 5. The lowest BCUT2D eigenvalue weighted by Gasteiger charge is -2.34. The molecule has 3 rings (SSSR count). The molecule has 5 atom stereocenters. The van der Waals surface area contributed by atoms with Crippen molar-refractivity contribution in [2.24, 2.45) is 11.7 Å². The highest BCUT2D eigenvalue weighted by molar-refractivity contribution is 5.94. The van der Waals surface area contributed by atoms with E-state index in [2.05, 4.69) is 49.6 Å². The molecule has 2 aliphatic heterocycles. The van der Waals surface area contributed by atoms with Gasteiger partial charge in [0.2, 0.25) is 11.8 Å². The molecule has 0 aliphatic carbocycles. The van der Waals surface area contributed by atoms with Crippen LogP contribution < -0.4 is 16.4 Å². The highest BCUT2D eigenvalue weighted by atomic mass is 16.4. The van der Waals surface area contributed by atoms with E-state index in [-0.39, 0.29) is 11.8 Å². The van der Waals surface area contributed by atoms with Crippen molar-refractivity contribution in [1.82, 2.24) is 10.2 Å². The van der Waals surface area contributed by atoms with Gasteiger partial charge in [0.1, 0.15) is 18.2 Å². The number of aliphatic carboxylic acids is 1. The molecule has 0 saturated carbocycles. The quantitative estimate of drug-likeness (QED) is 0.320. The molecule has 1 fully saturated rings. The predicted octanol–water partition coefficient (Wildman–Crippen LogP) is 4.32. The fourth-order valence-corrected chi connectivity index (χ4v) is 5.68. The topological polar surface area (TPSA) is 125 Å². The van der Waals surface area contributed by atoms with Crippen molar-refractivity contribution < 1.29 is 19.5 Å². The minimum absolute atomic E-state index is 0.209. The maximum atomic E-state index is 13.8. The summed E-state index contributed by atoms with van der Waals surface area (Å²) in [6, 6.07) is 5.32. The van der Waals surface area contributed by atoms with Crippen LogP contribution in [0.4, 0.5) is 5.69 Å². The number of carboxylic acids is 1. The monoisotopic (exact) mass is 524 g/mol. The Morgan fingerprint density at radius 2 is 1.87 bits per heavy atom. The third-order valence-corrected chi connectivity index (χ3v) is 7.69. The van der Waals surface area contributed by atoms with Gasteiger partial charge in [0, 0.05) is 11.1 Å². The second-order valence-electron chi connectivity index (χ2n) is 11.6. The van der Waals surface area contributed by atoms with Gasteiger partial charge in [0.25, 0.3) is 0 Å². The van der Waals surface area contributed by atoms with Crippen LogP contribution >= 0.6 is 0 Å². The molecule has 0 spiro atoms. The van der Waals surface area contributed by atoms with Crippen LogP contribution in [0.1, 0.15) is 79.2 Å². The van der Waals surface area contributed by atoms with Crippen LogP contribution in [0.25, 0.3) is 0 Å². The predicted molar refractivity (Wildman–Crippen MR) is 150 cm³/mol. The Bertz CT molecular complexity index is 1110. The normalized spacial score (nSPS) is 23.8. The summed E-state index contributed by atoms with van der Waals surface area (Å²) in [5, 5.41) is 15.5. The number of hydrogen-bond donors (Lipinski definition) is 4. The van der Waals surface area contributed by atoms with Crippen LogP contribution in [0, 0.1) is 5.92 Å². The van der Waals surface area contributed by atoms with E-state index in [1.165, 1.54) is 18.1 Å². The summed E-state index contributed by atoms with van der Waals surface area (Å²) < 4.78 is 0. The van der Waals surface area contributed by atoms with Crippen molar-refractivity contribution in [3.8, 4) is 0 Å². The molecular weight excluding hydrogens is 480 g/mol. The second kappa shape index (κ2) is 12.2. The summed E-state index contributed by atoms with van der Waals surface area (Å²) in [5.41, 5.74) is 10.4. The molecule has 0 aromatic heterocycles. The summed E-state index contributed by atoms with van der Waals surface area (Å²) in [7, 11) is 0. The summed E-state index contributed by atoms with van der Waals surface area (Å²) in [4.78, 5) is 40.4. The SMILES string of the molecule is CC(C)=CCC/C(C)=C/C[C@]12C[C@@H](C(=O)N[C@@H](C)C(=O)O)N(C(=O)[C@@H](N)CC(C)C)[C@H]1Nc1ccccc12. The number of carbonyl (C=O) groups is 3. The number of benzene rings is 1. The van der Waals surface area contributed by atoms with Gasteiger partial charge in [-0.3, -0.25) is 14.4 Å². The van der Waals surface area contributed by atoms with Gasteiger partial charge >= 0.3 is 5.97 Å². The number of anilines is 1. The Kier molecular flexibility index (Phi) is 9.41. The molecule has 208 valence electrons. The molecule has 1 saturated heterocycles. The zero-order valence-electron chi connectivity index (χ0n) is 23.6. The standard InChI is InChI=1S/C30H44N4O4/c1-18(2)10-9-11-20(5)14-15-30-17-25(26(35)32-21(6)28(37)38)34(27(36)23(31)16-19(3)4)29(30)33-24-13-8-7-12-22(24)30/h7-8,10,12-14,19,21,23,25,29,33H,9,11,15-17,31H2,1-6H3,(H,32,35)(H,37,38)/b20-14+/t21-,23-,25-,29+,30+/m0/s1. The first-order valence-electron chi connectivity index (χ1n) is 13.6. The lowest BCUT2D eigenvalue weighted by Crippen LogP contribution is -2.57. The highest BCUT2D eigenvalue weighted by Crippen LogP contribution is 2.53. The Labute approximate surface area is 226 Å². The number of nitrogens with one attached hydrogen (secondary N) is 2. The molecule has 8 nitrogen and oxygen atoms in total. The number of rotatable bonds is 11. The van der Waals surface area contributed by atoms with Crippen LogP contribution in [-0.2, 0) is 19.8 Å². The average molecular weight is 525 g/mol. The highest BCUT2D eigenvalue weighted by Gasteiger charge is 2.60. The summed E-state index contributed by atoms with van der Waals surface area (Å²) in [5.74, 6) is -1.68. The third-order valence-electron chi connectivity index (χ3n) is 7.69. The second-order valence-corrected chi connectivity index (χ2v) is 11.6. The molecule has 5 N–H and O–H groups in total. The number of para-hydroxylation sites is 1. The Morgan fingerprint density at radius 3 is 2.50 bits per heavy atom. The number of likely N-dealkylation sites (tertiary alicyclic amines) is 1. The molecule has 0 bridgehead atoms. The molecular formula is C30H44N4O4. The molecule has 1 aromatic carbocycles. The molecule has 1 aromatic rings. The molecule has 2 amide bonds. The van der Waals surface area contributed by atoms with Gasteiger partial charge in [-0.15, -0.1) is 0 Å². The first-order chi connectivity index (χ1) is 17.9. The number of amides is 2. The number of allylic oxidation sites excluding steroid dienone is 4. The van der Waals surface area contributed by atoms with Gasteiger partial charge in [0.05, 0.1) is 6.04 Å². The van der Waals surface area contributed by atoms with E-state index in [1.54, 1.807) is 4.90 Å². The van der Waals surface area contributed by atoms with Crippen LogP contribution in [0.3, 0.4) is 0 Å². The van der Waals surface area contributed by atoms with E-state index in [0.29, 0.717) is 19.3 Å². The average Bonchev–Trinajstić information content (AvgIpc) is 3.32. The van der Waals surface area contributed by atoms with E-state index in [1.807, 2.05) is 32.0 Å². The number of carbonyl (C=O) groups excluding carboxylic acids is 2. The molecule has 8 heteroatoms. The van der Waals surface area contributed by atoms with Gasteiger partial charge in [-0.2, -0.15) is 0 Å². The Hall–Kier alpha value is -3.13. The maximum absolute atomic E-state index is 13.8. The van der Waals surface area contributed by atoms with Crippen LogP contribution in [0.2, 0.25) is 0 Å². The van der Waals surface area contributed by atoms with Gasteiger partial charge in [-0.25, -0.2) is 0 Å². The summed E-state index contributed by atoms with van der Waals surface area (Å²) >= 11 is 0. The minimum Gasteiger partial charge on any atom is -0.480 e. The fourth-order valence-electron chi connectivity index (χ4n) is 5.68. The van der Waals surface area contributed by atoms with Gasteiger partial charge in [-0.05, 0) is 77.3 Å². The number of fused-ring (bicyclic) bond motifs is 3. The van der Waals surface area contributed by atoms with E-state index < -0.39 is 41.6 Å². The number of nitrogens with zero attached hydrogens (tertiary/aromatic N) is 1. The van der Waals surface area contributed by atoms with Crippen molar-refractivity contribution in [2.45, 2.75) is 103 Å². The summed E-state index contributed by atoms with van der Waals surface area (Å²) in [6.07, 6.45) is 7.38. The van der Waals surface area contributed by atoms with Crippen molar-refractivity contribution in [3.63, 3.8) is 0 Å². The first-order valence-corrected chi connectivity index (χ1v) is 13.6. The van der Waals surface area contributed by atoms with E-state index in [9.17, 15) is 19.5 Å². The molecule has 38 heavy (non-hydrogen) atoms. The number of carboxylic acid groups (broad SMARTS) is 1. The van der Waals surface area contributed by atoms with E-state index in [4.69, 9.17) is 5.73 Å². The fraction of sp³-hybridized carbons (Fsp3) is 0.567. The molecule has 2 heterocycles. The van der Waals surface area contributed by atoms with Crippen molar-refractivity contribution >= 4 is 23.5 Å². The third kappa shape index (κ3) is 6.29. The minimum atomic E-state index is -1.13. The van der Waals surface area contributed by atoms with Crippen LogP contribution in [0.5, 0.6) is 0 Å². The molecule has 2 aliphatic rings. The van der Waals surface area contributed by atoms with Crippen LogP contribution in [0.15, 0.2) is 47.6 Å².